The predicted molar refractivity (Wildman–Crippen MR) is 80.5 cm³/mol. The summed E-state index contributed by atoms with van der Waals surface area (Å²) in [6, 6.07) is 6.36. The number of nitrogens with one attached hydrogen (secondary N) is 1. The molecule has 2 aromatic rings. The van der Waals surface area contributed by atoms with Gasteiger partial charge in [-0.2, -0.15) is 5.10 Å². The van der Waals surface area contributed by atoms with Crippen molar-refractivity contribution in [2.24, 2.45) is 5.84 Å². The van der Waals surface area contributed by atoms with Gasteiger partial charge in [0.15, 0.2) is 0 Å². The van der Waals surface area contributed by atoms with Gasteiger partial charge in [0, 0.05) is 17.2 Å². The highest BCUT2D eigenvalue weighted by Crippen LogP contribution is 2.24. The van der Waals surface area contributed by atoms with Gasteiger partial charge in [-0.15, -0.1) is 0 Å². The fraction of sp³-hybridized carbons (Fsp3) is 0.357. The predicted octanol–water partition coefficient (Wildman–Crippen LogP) is 2.72. The smallest absolute Gasteiger partial charge is 0.0522 e. The molecule has 3 N–H and O–H groups in total. The van der Waals surface area contributed by atoms with E-state index >= 15 is 0 Å². The van der Waals surface area contributed by atoms with Crippen LogP contribution in [-0.4, -0.2) is 9.78 Å². The van der Waals surface area contributed by atoms with E-state index in [0.29, 0.717) is 0 Å². The van der Waals surface area contributed by atoms with E-state index in [1.54, 1.807) is 0 Å². The van der Waals surface area contributed by atoms with Crippen LogP contribution in [0.2, 0.25) is 0 Å². The lowest BCUT2D eigenvalue weighted by Crippen LogP contribution is -2.30. The molecule has 1 aromatic carbocycles. The van der Waals surface area contributed by atoms with Crippen LogP contribution >= 0.6 is 15.9 Å². The Morgan fingerprint density at radius 3 is 2.84 bits per heavy atom. The molecule has 4 nitrogen and oxygen atoms in total. The molecule has 1 unspecified atom stereocenters. The fourth-order valence-electron chi connectivity index (χ4n) is 2.21. The third-order valence-electron chi connectivity index (χ3n) is 3.26. The topological polar surface area (TPSA) is 55.9 Å². The van der Waals surface area contributed by atoms with Crippen molar-refractivity contribution in [1.82, 2.24) is 15.2 Å². The van der Waals surface area contributed by atoms with Crippen LogP contribution in [0.3, 0.4) is 0 Å². The maximum atomic E-state index is 5.71. The van der Waals surface area contributed by atoms with Crippen LogP contribution in [0.5, 0.6) is 0 Å². The van der Waals surface area contributed by atoms with Crippen molar-refractivity contribution in [3.63, 3.8) is 0 Å². The number of hydrogen-bond donors (Lipinski definition) is 2. The molecule has 0 aliphatic carbocycles. The maximum Gasteiger partial charge on any atom is 0.0522 e. The third kappa shape index (κ3) is 3.43. The molecule has 0 radical (unpaired) electrons. The Balaban J connectivity index is 2.19. The monoisotopic (exact) mass is 322 g/mol. The largest absolute Gasteiger partial charge is 0.273 e. The van der Waals surface area contributed by atoms with Crippen LogP contribution in [0.25, 0.3) is 0 Å². The Bertz CT molecular complexity index is 550. The molecule has 0 saturated carbocycles. The van der Waals surface area contributed by atoms with Gasteiger partial charge in [0.1, 0.15) is 0 Å². The number of rotatable bonds is 5. The lowest BCUT2D eigenvalue weighted by molar-refractivity contribution is 0.548. The molecule has 1 aromatic heterocycles. The van der Waals surface area contributed by atoms with Gasteiger partial charge in [0.2, 0.25) is 0 Å². The summed E-state index contributed by atoms with van der Waals surface area (Å²) in [7, 11) is 0. The molecule has 5 heteroatoms. The molecule has 1 atom stereocenters. The number of hydrazine groups is 1. The summed E-state index contributed by atoms with van der Waals surface area (Å²) in [6.45, 7) is 5.06. The van der Waals surface area contributed by atoms with E-state index < -0.39 is 0 Å². The van der Waals surface area contributed by atoms with Gasteiger partial charge in [-0.1, -0.05) is 22.0 Å². The van der Waals surface area contributed by atoms with Crippen LogP contribution in [0, 0.1) is 6.92 Å². The standard InChI is InChI=1S/C14H19BrN4/c1-3-19-9-11(8-17-19)7-14(18-16)13-5-4-12(15)6-10(13)2/h4-6,8-9,14,18H,3,7,16H2,1-2H3. The zero-order chi connectivity index (χ0) is 13.8. The van der Waals surface area contributed by atoms with Gasteiger partial charge >= 0.3 is 0 Å². The lowest BCUT2D eigenvalue weighted by Gasteiger charge is -2.18. The molecule has 0 aliphatic heterocycles. The molecule has 0 spiro atoms. The number of hydrogen-bond acceptors (Lipinski definition) is 3. The first-order chi connectivity index (χ1) is 9.13. The molecule has 19 heavy (non-hydrogen) atoms. The van der Waals surface area contributed by atoms with Gasteiger partial charge < -0.3 is 0 Å². The number of benzene rings is 1. The summed E-state index contributed by atoms with van der Waals surface area (Å²) in [4.78, 5) is 0. The SMILES string of the molecule is CCn1cc(CC(NN)c2ccc(Br)cc2C)cn1. The number of nitrogens with two attached hydrogens (primary N) is 1. The molecule has 0 bridgehead atoms. The summed E-state index contributed by atoms with van der Waals surface area (Å²) in [5, 5.41) is 4.29. The Morgan fingerprint density at radius 1 is 1.47 bits per heavy atom. The Hall–Kier alpha value is -1.17. The van der Waals surface area contributed by atoms with E-state index in [4.69, 9.17) is 5.84 Å². The summed E-state index contributed by atoms with van der Waals surface area (Å²) < 4.78 is 3.01. The van der Waals surface area contributed by atoms with E-state index in [0.717, 1.165) is 17.4 Å². The zero-order valence-electron chi connectivity index (χ0n) is 11.2. The molecule has 2 rings (SSSR count). The van der Waals surface area contributed by atoms with Crippen LogP contribution in [-0.2, 0) is 13.0 Å². The minimum Gasteiger partial charge on any atom is -0.273 e. The summed E-state index contributed by atoms with van der Waals surface area (Å²) >= 11 is 3.48. The molecule has 0 saturated heterocycles. The molecule has 0 amide bonds. The average molecular weight is 323 g/mol. The summed E-state index contributed by atoms with van der Waals surface area (Å²) in [6.07, 6.45) is 4.81. The second-order valence-corrected chi connectivity index (χ2v) is 5.54. The van der Waals surface area contributed by atoms with E-state index in [2.05, 4.69) is 58.6 Å². The van der Waals surface area contributed by atoms with E-state index in [-0.39, 0.29) is 6.04 Å². The Kier molecular flexibility index (Phi) is 4.74. The minimum absolute atomic E-state index is 0.0996. The zero-order valence-corrected chi connectivity index (χ0v) is 12.8. The van der Waals surface area contributed by atoms with Crippen LogP contribution in [0.15, 0.2) is 35.1 Å². The van der Waals surface area contributed by atoms with Gasteiger partial charge in [0.05, 0.1) is 12.2 Å². The van der Waals surface area contributed by atoms with E-state index in [1.165, 1.54) is 16.7 Å². The molecule has 0 fully saturated rings. The fourth-order valence-corrected chi connectivity index (χ4v) is 2.68. The van der Waals surface area contributed by atoms with Crippen molar-refractivity contribution in [2.75, 3.05) is 0 Å². The highest BCUT2D eigenvalue weighted by atomic mass is 79.9. The van der Waals surface area contributed by atoms with Crippen molar-refractivity contribution >= 4 is 15.9 Å². The van der Waals surface area contributed by atoms with Gasteiger partial charge in [-0.25, -0.2) is 0 Å². The number of aryl methyl sites for hydroxylation is 2. The number of aromatic nitrogens is 2. The van der Waals surface area contributed by atoms with Crippen molar-refractivity contribution in [3.8, 4) is 0 Å². The summed E-state index contributed by atoms with van der Waals surface area (Å²) in [5.41, 5.74) is 6.53. The van der Waals surface area contributed by atoms with E-state index in [1.807, 2.05) is 16.9 Å². The molecule has 1 heterocycles. The molecule has 102 valence electrons. The van der Waals surface area contributed by atoms with Crippen molar-refractivity contribution in [1.29, 1.82) is 0 Å². The highest BCUT2D eigenvalue weighted by molar-refractivity contribution is 9.10. The van der Waals surface area contributed by atoms with Gasteiger partial charge in [0.25, 0.3) is 0 Å². The second kappa shape index (κ2) is 6.32. The first-order valence-corrected chi connectivity index (χ1v) is 7.16. The van der Waals surface area contributed by atoms with E-state index in [9.17, 15) is 0 Å². The molecule has 0 aliphatic rings. The van der Waals surface area contributed by atoms with Gasteiger partial charge in [-0.3, -0.25) is 16.0 Å². The minimum atomic E-state index is 0.0996. The van der Waals surface area contributed by atoms with Crippen LogP contribution < -0.4 is 11.3 Å². The first-order valence-electron chi connectivity index (χ1n) is 6.37. The lowest BCUT2D eigenvalue weighted by atomic mass is 9.97. The Morgan fingerprint density at radius 2 is 2.26 bits per heavy atom. The van der Waals surface area contributed by atoms with Crippen LogP contribution in [0.1, 0.15) is 29.7 Å². The number of halogens is 1. The highest BCUT2D eigenvalue weighted by Gasteiger charge is 2.14. The van der Waals surface area contributed by atoms with Gasteiger partial charge in [-0.05, 0) is 49.1 Å². The van der Waals surface area contributed by atoms with Crippen molar-refractivity contribution in [2.45, 2.75) is 32.9 Å². The third-order valence-corrected chi connectivity index (χ3v) is 3.75. The Labute approximate surface area is 122 Å². The normalized spacial score (nSPS) is 12.6. The number of nitrogens with zero attached hydrogens (tertiary/aromatic N) is 2. The first kappa shape index (κ1) is 14.2. The van der Waals surface area contributed by atoms with Crippen molar-refractivity contribution < 1.29 is 0 Å². The van der Waals surface area contributed by atoms with Crippen LogP contribution in [0.4, 0.5) is 0 Å². The second-order valence-electron chi connectivity index (χ2n) is 4.63. The average Bonchev–Trinajstić information content (AvgIpc) is 2.84. The quantitative estimate of drug-likeness (QED) is 0.657. The molecular formula is C14H19BrN4. The summed E-state index contributed by atoms with van der Waals surface area (Å²) in [5.74, 6) is 5.71. The maximum absolute atomic E-state index is 5.71. The molecular weight excluding hydrogens is 304 g/mol. The van der Waals surface area contributed by atoms with Crippen molar-refractivity contribution in [3.05, 3.63) is 51.8 Å².